The third kappa shape index (κ3) is 1.75. The fourth-order valence-corrected chi connectivity index (χ4v) is 2.51. The molecule has 3 nitrogen and oxygen atoms in total. The van der Waals surface area contributed by atoms with E-state index >= 15 is 0 Å². The monoisotopic (exact) mass is 220 g/mol. The molecule has 0 bridgehead atoms. The van der Waals surface area contributed by atoms with E-state index in [1.165, 1.54) is 5.56 Å². The quantitative estimate of drug-likeness (QED) is 0.758. The Hall–Kier alpha value is -0.900. The summed E-state index contributed by atoms with van der Waals surface area (Å²) in [6.07, 6.45) is 0.697. The summed E-state index contributed by atoms with van der Waals surface area (Å²) in [5, 5.41) is 9.13. The van der Waals surface area contributed by atoms with Gasteiger partial charge >= 0.3 is 0 Å². The van der Waals surface area contributed by atoms with Crippen LogP contribution in [0.3, 0.4) is 0 Å². The average molecular weight is 220 g/mol. The van der Waals surface area contributed by atoms with Gasteiger partial charge in [-0.1, -0.05) is 30.3 Å². The molecule has 0 aromatic heterocycles. The number of ether oxygens (including phenoxy) is 2. The van der Waals surface area contributed by atoms with Crippen molar-refractivity contribution in [3.05, 3.63) is 35.9 Å². The Labute approximate surface area is 95.0 Å². The predicted molar refractivity (Wildman–Crippen MR) is 58.8 cm³/mol. The van der Waals surface area contributed by atoms with Gasteiger partial charge in [-0.2, -0.15) is 0 Å². The van der Waals surface area contributed by atoms with Crippen molar-refractivity contribution in [2.45, 2.75) is 18.8 Å². The normalized spacial score (nSPS) is 35.3. The van der Waals surface area contributed by atoms with Gasteiger partial charge in [0.15, 0.2) is 0 Å². The van der Waals surface area contributed by atoms with Crippen molar-refractivity contribution in [2.75, 3.05) is 13.2 Å². The molecule has 4 atom stereocenters. The Balaban J connectivity index is 1.44. The van der Waals surface area contributed by atoms with Crippen LogP contribution < -0.4 is 0 Å². The van der Waals surface area contributed by atoms with Gasteiger partial charge in [0.05, 0.1) is 25.4 Å². The van der Waals surface area contributed by atoms with Gasteiger partial charge in [-0.25, -0.2) is 0 Å². The summed E-state index contributed by atoms with van der Waals surface area (Å²) in [6.45, 7) is 1.56. The Bertz CT molecular complexity index is 351. The molecular weight excluding hydrogens is 204 g/mol. The minimum Gasteiger partial charge on any atom is -0.396 e. The molecule has 0 amide bonds. The minimum atomic E-state index is 0.223. The van der Waals surface area contributed by atoms with E-state index in [1.807, 2.05) is 18.2 Å². The summed E-state index contributed by atoms with van der Waals surface area (Å²) in [4.78, 5) is 0. The van der Waals surface area contributed by atoms with Gasteiger partial charge < -0.3 is 14.6 Å². The third-order valence-corrected chi connectivity index (χ3v) is 3.59. The van der Waals surface area contributed by atoms with Crippen LogP contribution in [0.4, 0.5) is 0 Å². The maximum Gasteiger partial charge on any atom is 0.0900 e. The lowest BCUT2D eigenvalue weighted by molar-refractivity contribution is 0.0239. The van der Waals surface area contributed by atoms with E-state index in [1.54, 1.807) is 0 Å². The zero-order valence-electron chi connectivity index (χ0n) is 9.08. The van der Waals surface area contributed by atoms with Gasteiger partial charge in [0.25, 0.3) is 0 Å². The SMILES string of the molecule is OC[C@@H]1[C@H](COCc2ccccc2)[C@H]2O[C@@H]12. The molecule has 1 N–H and O–H groups in total. The van der Waals surface area contributed by atoms with Gasteiger partial charge in [0, 0.05) is 18.4 Å². The first-order valence-electron chi connectivity index (χ1n) is 5.78. The highest BCUT2D eigenvalue weighted by Crippen LogP contribution is 2.51. The van der Waals surface area contributed by atoms with Crippen LogP contribution in [0, 0.1) is 11.8 Å². The van der Waals surface area contributed by atoms with E-state index in [9.17, 15) is 0 Å². The molecular formula is C13H16O3. The third-order valence-electron chi connectivity index (χ3n) is 3.59. The summed E-state index contributed by atoms with van der Waals surface area (Å²) in [5.74, 6) is 0.708. The molecule has 0 radical (unpaired) electrons. The van der Waals surface area contributed by atoms with Crippen LogP contribution >= 0.6 is 0 Å². The Morgan fingerprint density at radius 1 is 1.12 bits per heavy atom. The number of aliphatic hydroxyl groups excluding tert-OH is 1. The van der Waals surface area contributed by atoms with Crippen LogP contribution in [-0.4, -0.2) is 30.5 Å². The molecule has 2 aliphatic rings. The first-order valence-corrected chi connectivity index (χ1v) is 5.78. The van der Waals surface area contributed by atoms with Gasteiger partial charge in [-0.3, -0.25) is 0 Å². The number of rotatable bonds is 5. The van der Waals surface area contributed by atoms with Crippen molar-refractivity contribution in [1.29, 1.82) is 0 Å². The van der Waals surface area contributed by atoms with E-state index < -0.39 is 0 Å². The summed E-state index contributed by atoms with van der Waals surface area (Å²) in [7, 11) is 0. The van der Waals surface area contributed by atoms with Crippen LogP contribution in [0.15, 0.2) is 30.3 Å². The first kappa shape index (κ1) is 10.3. The van der Waals surface area contributed by atoms with Gasteiger partial charge in [-0.15, -0.1) is 0 Å². The Morgan fingerprint density at radius 2 is 1.88 bits per heavy atom. The standard InChI is InChI=1S/C13H16O3/c14-6-10-11(13-12(10)16-13)8-15-7-9-4-2-1-3-5-9/h1-5,10-14H,6-8H2/t10-,11+,12+,13-/m1/s1. The van der Waals surface area contributed by atoms with Crippen LogP contribution in [0.2, 0.25) is 0 Å². The fraction of sp³-hybridized carbons (Fsp3) is 0.538. The second-order valence-corrected chi connectivity index (χ2v) is 4.58. The van der Waals surface area contributed by atoms with E-state index in [-0.39, 0.29) is 6.61 Å². The van der Waals surface area contributed by atoms with Crippen molar-refractivity contribution in [1.82, 2.24) is 0 Å². The molecule has 0 spiro atoms. The Kier molecular flexibility index (Phi) is 2.67. The molecule has 3 rings (SSSR count). The van der Waals surface area contributed by atoms with Crippen LogP contribution in [0.5, 0.6) is 0 Å². The largest absolute Gasteiger partial charge is 0.396 e. The topological polar surface area (TPSA) is 42.0 Å². The lowest BCUT2D eigenvalue weighted by Crippen LogP contribution is -2.41. The van der Waals surface area contributed by atoms with Crippen molar-refractivity contribution < 1.29 is 14.6 Å². The van der Waals surface area contributed by atoms with Crippen LogP contribution in [0.1, 0.15) is 5.56 Å². The van der Waals surface area contributed by atoms with Crippen molar-refractivity contribution in [3.63, 3.8) is 0 Å². The lowest BCUT2D eigenvalue weighted by Gasteiger charge is -2.29. The highest BCUT2D eigenvalue weighted by atomic mass is 16.6. The fourth-order valence-electron chi connectivity index (χ4n) is 2.51. The molecule has 1 saturated carbocycles. The molecule has 1 aliphatic heterocycles. The highest BCUT2D eigenvalue weighted by molar-refractivity contribution is 5.13. The van der Waals surface area contributed by atoms with Crippen LogP contribution in [-0.2, 0) is 16.1 Å². The molecule has 1 aromatic carbocycles. The first-order chi connectivity index (χ1) is 7.90. The van der Waals surface area contributed by atoms with Gasteiger partial charge in [-0.05, 0) is 5.56 Å². The smallest absolute Gasteiger partial charge is 0.0900 e. The second kappa shape index (κ2) is 4.17. The molecule has 1 aliphatic carbocycles. The zero-order chi connectivity index (χ0) is 11.0. The molecule has 0 unspecified atom stereocenters. The van der Waals surface area contributed by atoms with Crippen molar-refractivity contribution in [2.24, 2.45) is 11.8 Å². The molecule has 16 heavy (non-hydrogen) atoms. The van der Waals surface area contributed by atoms with Crippen LogP contribution in [0.25, 0.3) is 0 Å². The number of hydrogen-bond acceptors (Lipinski definition) is 3. The molecule has 1 aromatic rings. The second-order valence-electron chi connectivity index (χ2n) is 4.58. The van der Waals surface area contributed by atoms with Gasteiger partial charge in [0.2, 0.25) is 0 Å². The van der Waals surface area contributed by atoms with E-state index in [2.05, 4.69) is 12.1 Å². The predicted octanol–water partition coefficient (Wildman–Crippen LogP) is 1.21. The van der Waals surface area contributed by atoms with Gasteiger partial charge in [0.1, 0.15) is 0 Å². The van der Waals surface area contributed by atoms with E-state index in [0.29, 0.717) is 37.3 Å². The molecule has 2 fully saturated rings. The molecule has 86 valence electrons. The Morgan fingerprint density at radius 3 is 2.62 bits per heavy atom. The van der Waals surface area contributed by atoms with E-state index in [4.69, 9.17) is 14.6 Å². The van der Waals surface area contributed by atoms with E-state index in [0.717, 1.165) is 0 Å². The number of fused-ring (bicyclic) bond motifs is 1. The molecule has 1 saturated heterocycles. The lowest BCUT2D eigenvalue weighted by atomic mass is 9.75. The highest BCUT2D eigenvalue weighted by Gasteiger charge is 2.63. The average Bonchev–Trinajstić information content (AvgIpc) is 3.01. The number of epoxide rings is 1. The van der Waals surface area contributed by atoms with Crippen molar-refractivity contribution >= 4 is 0 Å². The minimum absolute atomic E-state index is 0.223. The summed E-state index contributed by atoms with van der Waals surface area (Å²) >= 11 is 0. The summed E-state index contributed by atoms with van der Waals surface area (Å²) in [6, 6.07) is 10.1. The maximum atomic E-state index is 9.13. The number of hydrogen-bond donors (Lipinski definition) is 1. The molecule has 3 heteroatoms. The van der Waals surface area contributed by atoms with Crippen molar-refractivity contribution in [3.8, 4) is 0 Å². The number of aliphatic hydroxyl groups is 1. The zero-order valence-corrected chi connectivity index (χ0v) is 9.08. The summed E-state index contributed by atoms with van der Waals surface area (Å²) < 4.78 is 11.1. The number of benzene rings is 1. The summed E-state index contributed by atoms with van der Waals surface area (Å²) in [5.41, 5.74) is 1.19. The maximum absolute atomic E-state index is 9.13. The molecule has 1 heterocycles.